The molecule has 0 radical (unpaired) electrons. The second-order valence-corrected chi connectivity index (χ2v) is 5.80. The maximum Gasteiger partial charge on any atom is 0.179 e. The Balaban J connectivity index is 2.12. The third-order valence-electron chi connectivity index (χ3n) is 2.83. The van der Waals surface area contributed by atoms with Crippen molar-refractivity contribution in [1.29, 1.82) is 0 Å². The SMILES string of the molecule is Fc1cccc(Cn2c(=S)[nH]c3ncc(I)cc32)c1. The number of H-pyrrole nitrogens is 1. The fourth-order valence-corrected chi connectivity index (χ4v) is 2.68. The summed E-state index contributed by atoms with van der Waals surface area (Å²) in [5.74, 6) is -0.239. The molecule has 3 aromatic rings. The summed E-state index contributed by atoms with van der Waals surface area (Å²) in [6, 6.07) is 8.54. The molecule has 96 valence electrons. The minimum atomic E-state index is -0.239. The van der Waals surface area contributed by atoms with E-state index < -0.39 is 0 Å². The van der Waals surface area contributed by atoms with Gasteiger partial charge in [0.15, 0.2) is 10.4 Å². The maximum atomic E-state index is 13.2. The molecule has 19 heavy (non-hydrogen) atoms. The molecule has 0 aliphatic rings. The zero-order chi connectivity index (χ0) is 13.4. The molecular weight excluding hydrogens is 376 g/mol. The normalized spacial score (nSPS) is 11.1. The van der Waals surface area contributed by atoms with Crippen molar-refractivity contribution >= 4 is 46.0 Å². The van der Waals surface area contributed by atoms with Gasteiger partial charge < -0.3 is 9.55 Å². The number of imidazole rings is 1. The lowest BCUT2D eigenvalue weighted by molar-refractivity contribution is 0.623. The van der Waals surface area contributed by atoms with Crippen LogP contribution in [0.2, 0.25) is 0 Å². The summed E-state index contributed by atoms with van der Waals surface area (Å²) in [6.45, 7) is 0.526. The Hall–Kier alpha value is -1.28. The summed E-state index contributed by atoms with van der Waals surface area (Å²) in [5, 5.41) is 0. The van der Waals surface area contributed by atoms with Gasteiger partial charge in [0, 0.05) is 9.77 Å². The van der Waals surface area contributed by atoms with Gasteiger partial charge >= 0.3 is 0 Å². The third-order valence-corrected chi connectivity index (χ3v) is 3.74. The zero-order valence-corrected chi connectivity index (χ0v) is 12.7. The summed E-state index contributed by atoms with van der Waals surface area (Å²) in [4.78, 5) is 7.36. The van der Waals surface area contributed by atoms with Gasteiger partial charge in [-0.3, -0.25) is 0 Å². The van der Waals surface area contributed by atoms with Gasteiger partial charge in [0.2, 0.25) is 0 Å². The summed E-state index contributed by atoms with van der Waals surface area (Å²) < 4.78 is 16.8. The number of rotatable bonds is 2. The van der Waals surface area contributed by atoms with Crippen molar-refractivity contribution in [1.82, 2.24) is 14.5 Å². The van der Waals surface area contributed by atoms with Crippen molar-refractivity contribution in [3.05, 3.63) is 56.3 Å². The Morgan fingerprint density at radius 1 is 1.37 bits per heavy atom. The topological polar surface area (TPSA) is 33.6 Å². The molecule has 2 aromatic heterocycles. The molecule has 3 nitrogen and oxygen atoms in total. The monoisotopic (exact) mass is 385 g/mol. The number of hydrogen-bond donors (Lipinski definition) is 1. The number of nitrogens with one attached hydrogen (secondary N) is 1. The Morgan fingerprint density at radius 2 is 2.21 bits per heavy atom. The van der Waals surface area contributed by atoms with E-state index in [1.165, 1.54) is 12.1 Å². The standard InChI is InChI=1S/C13H9FIN3S/c14-9-3-1-2-8(4-9)7-18-11-5-10(15)6-16-12(11)17-13(18)19/h1-6H,7H2,(H,16,17,19). The van der Waals surface area contributed by atoms with E-state index in [-0.39, 0.29) is 5.82 Å². The molecule has 0 unspecified atom stereocenters. The van der Waals surface area contributed by atoms with E-state index >= 15 is 0 Å². The van der Waals surface area contributed by atoms with E-state index in [1.54, 1.807) is 12.3 Å². The largest absolute Gasteiger partial charge is 0.315 e. The van der Waals surface area contributed by atoms with Crippen molar-refractivity contribution in [2.75, 3.05) is 0 Å². The highest BCUT2D eigenvalue weighted by Crippen LogP contribution is 2.17. The summed E-state index contributed by atoms with van der Waals surface area (Å²) in [7, 11) is 0. The van der Waals surface area contributed by atoms with Gasteiger partial charge in [-0.25, -0.2) is 9.37 Å². The van der Waals surface area contributed by atoms with Crippen LogP contribution in [0.5, 0.6) is 0 Å². The van der Waals surface area contributed by atoms with Crippen LogP contribution in [0.1, 0.15) is 5.56 Å². The Labute approximate surface area is 127 Å². The molecule has 0 amide bonds. The van der Waals surface area contributed by atoms with E-state index in [2.05, 4.69) is 32.6 Å². The van der Waals surface area contributed by atoms with Crippen molar-refractivity contribution < 1.29 is 4.39 Å². The summed E-state index contributed by atoms with van der Waals surface area (Å²) >= 11 is 7.51. The molecule has 0 atom stereocenters. The van der Waals surface area contributed by atoms with E-state index in [0.29, 0.717) is 11.3 Å². The number of hydrogen-bond acceptors (Lipinski definition) is 2. The van der Waals surface area contributed by atoms with Crippen LogP contribution in [0.3, 0.4) is 0 Å². The van der Waals surface area contributed by atoms with Crippen LogP contribution < -0.4 is 0 Å². The van der Waals surface area contributed by atoms with Crippen molar-refractivity contribution in [2.24, 2.45) is 0 Å². The molecule has 1 N–H and O–H groups in total. The van der Waals surface area contributed by atoms with Gasteiger partial charge in [-0.15, -0.1) is 0 Å². The minimum Gasteiger partial charge on any atom is -0.315 e. The number of pyridine rings is 1. The van der Waals surface area contributed by atoms with Crippen LogP contribution in [0, 0.1) is 14.2 Å². The second-order valence-electron chi connectivity index (χ2n) is 4.17. The number of nitrogens with zero attached hydrogens (tertiary/aromatic N) is 2. The average molecular weight is 385 g/mol. The smallest absolute Gasteiger partial charge is 0.179 e. The lowest BCUT2D eigenvalue weighted by Crippen LogP contribution is -2.00. The average Bonchev–Trinajstić information content (AvgIpc) is 2.66. The summed E-state index contributed by atoms with van der Waals surface area (Å²) in [6.07, 6.45) is 1.78. The lowest BCUT2D eigenvalue weighted by Gasteiger charge is -2.05. The first-order chi connectivity index (χ1) is 9.13. The van der Waals surface area contributed by atoms with Gasteiger partial charge in [-0.05, 0) is 58.6 Å². The van der Waals surface area contributed by atoms with Gasteiger partial charge in [0.25, 0.3) is 0 Å². The number of benzene rings is 1. The molecule has 0 aliphatic heterocycles. The highest BCUT2D eigenvalue weighted by atomic mass is 127. The van der Waals surface area contributed by atoms with Crippen LogP contribution in [-0.2, 0) is 6.54 Å². The quantitative estimate of drug-likeness (QED) is 0.537. The first-order valence-electron chi connectivity index (χ1n) is 5.62. The molecule has 0 spiro atoms. The predicted octanol–water partition coefficient (Wildman–Crippen LogP) is 3.89. The Kier molecular flexibility index (Phi) is 3.36. The van der Waals surface area contributed by atoms with Crippen molar-refractivity contribution in [2.45, 2.75) is 6.54 Å². The third kappa shape index (κ3) is 2.55. The van der Waals surface area contributed by atoms with Gasteiger partial charge in [0.1, 0.15) is 5.82 Å². The van der Waals surface area contributed by atoms with E-state index in [1.807, 2.05) is 16.7 Å². The van der Waals surface area contributed by atoms with Crippen molar-refractivity contribution in [3.8, 4) is 0 Å². The number of aromatic nitrogens is 3. The van der Waals surface area contributed by atoms with Gasteiger partial charge in [0.05, 0.1) is 12.1 Å². The van der Waals surface area contributed by atoms with Crippen LogP contribution >= 0.6 is 34.8 Å². The highest BCUT2D eigenvalue weighted by molar-refractivity contribution is 14.1. The lowest BCUT2D eigenvalue weighted by atomic mass is 10.2. The molecule has 0 saturated heterocycles. The number of halogens is 2. The molecular formula is C13H9FIN3S. The molecule has 1 aromatic carbocycles. The molecule has 2 heterocycles. The van der Waals surface area contributed by atoms with E-state index in [9.17, 15) is 4.39 Å². The van der Waals surface area contributed by atoms with Gasteiger partial charge in [-0.1, -0.05) is 12.1 Å². The Bertz CT molecular complexity index is 809. The molecule has 0 bridgehead atoms. The van der Waals surface area contributed by atoms with Crippen LogP contribution in [-0.4, -0.2) is 14.5 Å². The van der Waals surface area contributed by atoms with Crippen LogP contribution in [0.15, 0.2) is 36.5 Å². The van der Waals surface area contributed by atoms with Crippen LogP contribution in [0.25, 0.3) is 11.2 Å². The van der Waals surface area contributed by atoms with Crippen molar-refractivity contribution in [3.63, 3.8) is 0 Å². The van der Waals surface area contributed by atoms with E-state index in [4.69, 9.17) is 12.2 Å². The molecule has 3 rings (SSSR count). The predicted molar refractivity (Wildman–Crippen MR) is 83.1 cm³/mol. The van der Waals surface area contributed by atoms with Gasteiger partial charge in [-0.2, -0.15) is 0 Å². The fraction of sp³-hybridized carbons (Fsp3) is 0.0769. The molecule has 6 heteroatoms. The fourth-order valence-electron chi connectivity index (χ4n) is 1.98. The first-order valence-corrected chi connectivity index (χ1v) is 7.11. The second kappa shape index (κ2) is 5.01. The highest BCUT2D eigenvalue weighted by Gasteiger charge is 2.07. The number of fused-ring (bicyclic) bond motifs is 1. The zero-order valence-electron chi connectivity index (χ0n) is 9.73. The Morgan fingerprint density at radius 3 is 3.00 bits per heavy atom. The number of aromatic amines is 1. The molecule has 0 saturated carbocycles. The molecule has 0 fully saturated rings. The first kappa shape index (κ1) is 12.7. The van der Waals surface area contributed by atoms with Crippen LogP contribution in [0.4, 0.5) is 4.39 Å². The van der Waals surface area contributed by atoms with E-state index in [0.717, 1.165) is 20.3 Å². The maximum absolute atomic E-state index is 13.2. The molecule has 0 aliphatic carbocycles. The summed E-state index contributed by atoms with van der Waals surface area (Å²) in [5.41, 5.74) is 2.55. The minimum absolute atomic E-state index is 0.239.